The number of fused-ring (bicyclic) bond motifs is 1. The first-order chi connectivity index (χ1) is 17.0. The summed E-state index contributed by atoms with van der Waals surface area (Å²) in [6, 6.07) is 21.6. The average Bonchev–Trinajstić information content (AvgIpc) is 3.29. The number of hydrogen-bond acceptors (Lipinski definition) is 6. The van der Waals surface area contributed by atoms with Crippen LogP contribution in [0.25, 0.3) is 0 Å². The number of aliphatic hydroxyl groups is 3. The van der Waals surface area contributed by atoms with Crippen molar-refractivity contribution in [2.45, 2.75) is 49.8 Å². The zero-order chi connectivity index (χ0) is 24.4. The fourth-order valence-electron chi connectivity index (χ4n) is 4.71. The molecule has 0 spiro atoms. The molecule has 2 aliphatic heterocycles. The summed E-state index contributed by atoms with van der Waals surface area (Å²) in [5.41, 5.74) is 4.08. The topological polar surface area (TPSA) is 88.4 Å². The molecule has 0 radical (unpaired) electrons. The van der Waals surface area contributed by atoms with Crippen LogP contribution in [0, 0.1) is 0 Å². The van der Waals surface area contributed by atoms with Gasteiger partial charge in [0, 0.05) is 17.9 Å². The van der Waals surface area contributed by atoms with Gasteiger partial charge in [-0.2, -0.15) is 0 Å². The Labute approximate surface area is 209 Å². The maximum atomic E-state index is 10.2. The molecule has 3 aromatic rings. The molecule has 3 N–H and O–H groups in total. The summed E-state index contributed by atoms with van der Waals surface area (Å²) in [6.07, 6.45) is -1.57. The number of rotatable bonds is 7. The van der Waals surface area contributed by atoms with Gasteiger partial charge >= 0.3 is 0 Å². The molecular formula is C28H29ClO6. The van der Waals surface area contributed by atoms with Crippen LogP contribution in [0.15, 0.2) is 66.7 Å². The van der Waals surface area contributed by atoms with Crippen molar-refractivity contribution >= 4 is 11.6 Å². The van der Waals surface area contributed by atoms with Crippen molar-refractivity contribution in [3.05, 3.63) is 94.0 Å². The van der Waals surface area contributed by atoms with Gasteiger partial charge in [0.2, 0.25) is 0 Å². The van der Waals surface area contributed by atoms with E-state index in [2.05, 4.69) is 6.07 Å². The summed E-state index contributed by atoms with van der Waals surface area (Å²) in [5, 5.41) is 30.3. The third kappa shape index (κ3) is 5.47. The van der Waals surface area contributed by atoms with E-state index in [-0.39, 0.29) is 19.1 Å². The molecule has 5 atom stereocenters. The number of aliphatic hydroxyl groups excluding tert-OH is 3. The number of hydrogen-bond donors (Lipinski definition) is 3. The average molecular weight is 497 g/mol. The minimum absolute atomic E-state index is 0.0145. The van der Waals surface area contributed by atoms with Crippen molar-refractivity contribution in [2.24, 2.45) is 0 Å². The second-order valence-corrected chi connectivity index (χ2v) is 9.58. The quantitative estimate of drug-likeness (QED) is 0.460. The van der Waals surface area contributed by atoms with Crippen molar-refractivity contribution in [1.82, 2.24) is 0 Å². The minimum Gasteiger partial charge on any atom is -0.490 e. The molecule has 0 bridgehead atoms. The molecule has 2 heterocycles. The van der Waals surface area contributed by atoms with Crippen LogP contribution >= 0.6 is 11.6 Å². The normalized spacial score (nSPS) is 25.7. The Bertz CT molecular complexity index is 1130. The van der Waals surface area contributed by atoms with E-state index in [4.69, 9.17) is 25.8 Å². The molecule has 2 aliphatic rings. The smallest absolute Gasteiger partial charge is 0.137 e. The van der Waals surface area contributed by atoms with Crippen LogP contribution in [0.1, 0.15) is 34.8 Å². The lowest BCUT2D eigenvalue weighted by Crippen LogP contribution is -2.47. The zero-order valence-electron chi connectivity index (χ0n) is 19.2. The highest BCUT2D eigenvalue weighted by Crippen LogP contribution is 2.34. The van der Waals surface area contributed by atoms with E-state index in [0.717, 1.165) is 34.6 Å². The van der Waals surface area contributed by atoms with Crippen LogP contribution in [0.4, 0.5) is 0 Å². The predicted octanol–water partition coefficient (Wildman–Crippen LogP) is 3.86. The van der Waals surface area contributed by atoms with E-state index >= 15 is 0 Å². The third-order valence-corrected chi connectivity index (χ3v) is 7.03. The first-order valence-corrected chi connectivity index (χ1v) is 12.2. The van der Waals surface area contributed by atoms with Crippen molar-refractivity contribution < 1.29 is 29.5 Å². The van der Waals surface area contributed by atoms with Crippen LogP contribution in [0.5, 0.6) is 11.5 Å². The van der Waals surface area contributed by atoms with Gasteiger partial charge in [0.15, 0.2) is 0 Å². The predicted molar refractivity (Wildman–Crippen MR) is 132 cm³/mol. The lowest BCUT2D eigenvalue weighted by molar-refractivity contribution is -0.181. The van der Waals surface area contributed by atoms with E-state index in [1.807, 2.05) is 60.7 Å². The number of para-hydroxylation sites is 1. The maximum absolute atomic E-state index is 10.2. The Morgan fingerprint density at radius 1 is 1.00 bits per heavy atom. The first kappa shape index (κ1) is 24.1. The monoisotopic (exact) mass is 496 g/mol. The molecule has 1 fully saturated rings. The molecule has 184 valence electrons. The van der Waals surface area contributed by atoms with Crippen LogP contribution < -0.4 is 9.47 Å². The standard InChI is InChI=1S/C28H29ClO6/c29-23-10-7-19(26-14-24(31)28(32)27(15-30)35-26)12-20(23)11-17-5-8-21(9-6-17)33-16-22-13-18-3-1-2-4-25(18)34-22/h1-10,12,22,24,26-28,30-32H,11,13-16H2/t22?,24-,26-,27-,28+/m1/s1. The van der Waals surface area contributed by atoms with Gasteiger partial charge in [0.05, 0.1) is 18.8 Å². The molecule has 5 rings (SSSR count). The van der Waals surface area contributed by atoms with Gasteiger partial charge in [-0.05, 0) is 52.9 Å². The largest absolute Gasteiger partial charge is 0.490 e. The van der Waals surface area contributed by atoms with E-state index in [9.17, 15) is 15.3 Å². The Morgan fingerprint density at radius 3 is 2.57 bits per heavy atom. The summed E-state index contributed by atoms with van der Waals surface area (Å²) in [4.78, 5) is 0. The van der Waals surface area contributed by atoms with Gasteiger partial charge in [-0.3, -0.25) is 0 Å². The van der Waals surface area contributed by atoms with E-state index in [0.29, 0.717) is 18.1 Å². The molecule has 3 aromatic carbocycles. The highest BCUT2D eigenvalue weighted by Gasteiger charge is 2.37. The SMILES string of the molecule is OC[C@H]1O[C@@H](c2ccc(Cl)c(Cc3ccc(OCC4Cc5ccccc5O4)cc3)c2)C[C@@H](O)[C@@H]1O. The molecule has 0 aliphatic carbocycles. The highest BCUT2D eigenvalue weighted by molar-refractivity contribution is 6.31. The molecule has 7 heteroatoms. The molecule has 0 saturated carbocycles. The van der Waals surface area contributed by atoms with Crippen LogP contribution in [-0.2, 0) is 17.6 Å². The second-order valence-electron chi connectivity index (χ2n) is 9.17. The fourth-order valence-corrected chi connectivity index (χ4v) is 4.89. The molecule has 1 saturated heterocycles. The Hall–Kier alpha value is -2.61. The lowest BCUT2D eigenvalue weighted by Gasteiger charge is -2.36. The maximum Gasteiger partial charge on any atom is 0.137 e. The molecule has 6 nitrogen and oxygen atoms in total. The van der Waals surface area contributed by atoms with Gasteiger partial charge in [-0.25, -0.2) is 0 Å². The molecule has 1 unspecified atom stereocenters. The van der Waals surface area contributed by atoms with E-state index in [1.54, 1.807) is 0 Å². The lowest BCUT2D eigenvalue weighted by atomic mass is 9.92. The van der Waals surface area contributed by atoms with Crippen molar-refractivity contribution in [3.8, 4) is 11.5 Å². The summed E-state index contributed by atoms with van der Waals surface area (Å²) < 4.78 is 17.7. The highest BCUT2D eigenvalue weighted by atomic mass is 35.5. The summed E-state index contributed by atoms with van der Waals surface area (Å²) in [6.45, 7) is 0.127. The van der Waals surface area contributed by atoms with Crippen LogP contribution in [0.3, 0.4) is 0 Å². The van der Waals surface area contributed by atoms with Gasteiger partial charge in [-0.1, -0.05) is 54.1 Å². The van der Waals surface area contributed by atoms with Gasteiger partial charge in [0.1, 0.15) is 36.4 Å². The van der Waals surface area contributed by atoms with Crippen molar-refractivity contribution in [1.29, 1.82) is 0 Å². The fraction of sp³-hybridized carbons (Fsp3) is 0.357. The number of benzene rings is 3. The van der Waals surface area contributed by atoms with Crippen LogP contribution in [0.2, 0.25) is 5.02 Å². The van der Waals surface area contributed by atoms with E-state index in [1.165, 1.54) is 5.56 Å². The molecular weight excluding hydrogens is 468 g/mol. The van der Waals surface area contributed by atoms with Crippen molar-refractivity contribution in [3.63, 3.8) is 0 Å². The third-order valence-electron chi connectivity index (χ3n) is 6.66. The number of halogens is 1. The molecule has 35 heavy (non-hydrogen) atoms. The van der Waals surface area contributed by atoms with Crippen molar-refractivity contribution in [2.75, 3.05) is 13.2 Å². The van der Waals surface area contributed by atoms with Crippen LogP contribution in [-0.4, -0.2) is 52.9 Å². The van der Waals surface area contributed by atoms with Gasteiger partial charge in [0.25, 0.3) is 0 Å². The summed E-state index contributed by atoms with van der Waals surface area (Å²) in [7, 11) is 0. The Balaban J connectivity index is 1.20. The zero-order valence-corrected chi connectivity index (χ0v) is 20.0. The Morgan fingerprint density at radius 2 is 1.80 bits per heavy atom. The molecule has 0 aromatic heterocycles. The van der Waals surface area contributed by atoms with Gasteiger partial charge in [-0.15, -0.1) is 0 Å². The van der Waals surface area contributed by atoms with Gasteiger partial charge < -0.3 is 29.5 Å². The van der Waals surface area contributed by atoms with E-state index < -0.39 is 24.4 Å². The number of ether oxygens (including phenoxy) is 3. The Kier molecular flexibility index (Phi) is 7.27. The second kappa shape index (κ2) is 10.6. The minimum atomic E-state index is -1.10. The summed E-state index contributed by atoms with van der Waals surface area (Å²) >= 11 is 6.48. The summed E-state index contributed by atoms with van der Waals surface area (Å²) in [5.74, 6) is 1.72. The first-order valence-electron chi connectivity index (χ1n) is 11.9. The molecule has 0 amide bonds.